The summed E-state index contributed by atoms with van der Waals surface area (Å²) in [6.45, 7) is 0. The number of alkyl halides is 22. The van der Waals surface area contributed by atoms with E-state index in [1.54, 1.807) is 0 Å². The molecule has 0 aliphatic rings. The maximum atomic E-state index is 14.2. The van der Waals surface area contributed by atoms with Crippen molar-refractivity contribution < 1.29 is 89.6 Å². The summed E-state index contributed by atoms with van der Waals surface area (Å²) in [6, 6.07) is 0. The van der Waals surface area contributed by atoms with E-state index in [-0.39, 0.29) is 0 Å². The van der Waals surface area contributed by atoms with Crippen molar-refractivity contribution in [2.75, 3.05) is 0 Å². The molecule has 0 radical (unpaired) electrons. The van der Waals surface area contributed by atoms with E-state index in [1.807, 2.05) is 0 Å². The summed E-state index contributed by atoms with van der Waals surface area (Å²) < 4.78 is 198. The second-order valence-corrected chi connectivity index (χ2v) is 10.0. The molecule has 0 rings (SSSR count). The molecular weight excluding hydrogens is 725 g/mol. The van der Waals surface area contributed by atoms with Crippen molar-refractivity contribution in [3.8, 4) is 0 Å². The molecule has 0 fully saturated rings. The number of halogens is 22. The van der Waals surface area contributed by atoms with Crippen LogP contribution in [0.15, 0.2) is 0 Å². The van der Waals surface area contributed by atoms with Crippen LogP contribution < -0.4 is 0 Å². The SMILES string of the molecule is O=C(OOC(=O)C(Cl)(Cl)C(F)(Cl)C(F)(F)C(F)(F)C(F)(F)F)C(Cl)(Cl)C(F)(Cl)C(F)(F)C(F)(F)C(F)(F)F. The van der Waals surface area contributed by atoms with Crippen LogP contribution in [-0.4, -0.2) is 66.9 Å². The van der Waals surface area contributed by atoms with E-state index in [4.69, 9.17) is 0 Å². The van der Waals surface area contributed by atoms with Gasteiger partial charge in [0.05, 0.1) is 0 Å². The molecule has 0 spiro atoms. The van der Waals surface area contributed by atoms with E-state index in [9.17, 15) is 79.8 Å². The third-order valence-electron chi connectivity index (χ3n) is 3.78. The zero-order valence-corrected chi connectivity index (χ0v) is 20.5. The third-order valence-corrected chi connectivity index (χ3v) is 6.87. The van der Waals surface area contributed by atoms with Gasteiger partial charge in [-0.2, -0.15) is 61.5 Å². The average molecular weight is 725 g/mol. The molecule has 0 heterocycles. The van der Waals surface area contributed by atoms with Gasteiger partial charge in [-0.25, -0.2) is 28.1 Å². The van der Waals surface area contributed by atoms with Crippen molar-refractivity contribution in [1.29, 1.82) is 0 Å². The van der Waals surface area contributed by atoms with Crippen LogP contribution in [-0.2, 0) is 19.4 Å². The van der Waals surface area contributed by atoms with Gasteiger partial charge >= 0.3 is 48.0 Å². The second-order valence-electron chi connectivity index (χ2n) is 6.33. The van der Waals surface area contributed by atoms with Crippen molar-refractivity contribution >= 4 is 81.5 Å². The first-order valence-electron chi connectivity index (χ1n) is 7.64. The van der Waals surface area contributed by atoms with E-state index in [2.05, 4.69) is 79.4 Å². The van der Waals surface area contributed by atoms with E-state index in [0.717, 1.165) is 0 Å². The van der Waals surface area contributed by atoms with Crippen LogP contribution in [0.5, 0.6) is 0 Å². The standard InChI is InChI=1S/C12Cl6F16O4/c13-3(14,5(17,19)7(21,22)9(25,26)11(29,30)31)1(35)37-38-2(36)4(15,16)6(18,20)8(23,24)10(27,28)12(32,33)34. The van der Waals surface area contributed by atoms with E-state index >= 15 is 0 Å². The van der Waals surface area contributed by atoms with Crippen LogP contribution in [0.3, 0.4) is 0 Å². The Hall–Kier alpha value is -0.440. The Morgan fingerprint density at radius 3 is 0.737 bits per heavy atom. The van der Waals surface area contributed by atoms with Crippen LogP contribution in [0.1, 0.15) is 0 Å². The van der Waals surface area contributed by atoms with Gasteiger partial charge in [0.2, 0.25) is 0 Å². The Morgan fingerprint density at radius 2 is 0.579 bits per heavy atom. The second kappa shape index (κ2) is 10.1. The molecule has 2 unspecified atom stereocenters. The monoisotopic (exact) mass is 722 g/mol. The number of carbonyl (C=O) groups excluding carboxylic acids is 2. The molecule has 0 aromatic rings. The summed E-state index contributed by atoms with van der Waals surface area (Å²) >= 11 is 26.8. The van der Waals surface area contributed by atoms with Gasteiger partial charge in [-0.05, 0) is 0 Å². The Kier molecular flexibility index (Phi) is 10.0. The molecule has 0 saturated carbocycles. The first kappa shape index (κ1) is 37.6. The summed E-state index contributed by atoms with van der Waals surface area (Å²) in [6.07, 6.45) is -14.7. The molecule has 38 heavy (non-hydrogen) atoms. The van der Waals surface area contributed by atoms with Crippen molar-refractivity contribution in [2.24, 2.45) is 0 Å². The molecule has 0 aliphatic carbocycles. The maximum absolute atomic E-state index is 14.2. The minimum absolute atomic E-state index is 2.91. The van der Waals surface area contributed by atoms with Crippen LogP contribution in [0.4, 0.5) is 70.2 Å². The highest BCUT2D eigenvalue weighted by atomic mass is 35.5. The fourth-order valence-corrected chi connectivity index (χ4v) is 2.57. The van der Waals surface area contributed by atoms with Crippen molar-refractivity contribution in [1.82, 2.24) is 0 Å². The summed E-state index contributed by atoms with van der Waals surface area (Å²) in [5.74, 6) is -36.6. The number of rotatable bonds is 8. The first-order valence-corrected chi connectivity index (χ1v) is 9.91. The quantitative estimate of drug-likeness (QED) is 0.111. The Balaban J connectivity index is 6.17. The summed E-state index contributed by atoms with van der Waals surface area (Å²) in [7, 11) is 0. The highest BCUT2D eigenvalue weighted by Crippen LogP contribution is 2.61. The third kappa shape index (κ3) is 5.42. The lowest BCUT2D eigenvalue weighted by Gasteiger charge is -2.39. The van der Waals surface area contributed by atoms with Gasteiger partial charge in [-0.15, -0.1) is 0 Å². The minimum Gasteiger partial charge on any atom is -0.244 e. The molecule has 0 aromatic carbocycles. The normalized spacial score (nSPS) is 18.4. The zero-order chi connectivity index (χ0) is 31.6. The lowest BCUT2D eigenvalue weighted by Crippen LogP contribution is -2.67. The summed E-state index contributed by atoms with van der Waals surface area (Å²) in [5, 5.41) is -12.6. The molecule has 0 N–H and O–H groups in total. The molecule has 26 heteroatoms. The Bertz CT molecular complexity index is 855. The lowest BCUT2D eigenvalue weighted by atomic mass is 10.0. The van der Waals surface area contributed by atoms with Crippen LogP contribution >= 0.6 is 69.6 Å². The van der Waals surface area contributed by atoms with Gasteiger partial charge in [0.1, 0.15) is 0 Å². The van der Waals surface area contributed by atoms with Gasteiger partial charge in [-0.1, -0.05) is 69.6 Å². The van der Waals surface area contributed by atoms with Crippen LogP contribution in [0, 0.1) is 0 Å². The van der Waals surface area contributed by atoms with Gasteiger partial charge in [-0.3, -0.25) is 0 Å². The molecule has 2 atom stereocenters. The predicted octanol–water partition coefficient (Wildman–Crippen LogP) is 7.81. The maximum Gasteiger partial charge on any atom is 0.460 e. The Morgan fingerprint density at radius 1 is 0.395 bits per heavy atom. The van der Waals surface area contributed by atoms with Crippen molar-refractivity contribution in [3.63, 3.8) is 0 Å². The van der Waals surface area contributed by atoms with Gasteiger partial charge in [0, 0.05) is 0 Å². The highest BCUT2D eigenvalue weighted by Gasteiger charge is 2.87. The highest BCUT2D eigenvalue weighted by molar-refractivity contribution is 6.62. The van der Waals surface area contributed by atoms with E-state index < -0.39 is 66.9 Å². The van der Waals surface area contributed by atoms with Crippen molar-refractivity contribution in [2.45, 2.75) is 55.0 Å². The molecule has 226 valence electrons. The zero-order valence-electron chi connectivity index (χ0n) is 15.9. The van der Waals surface area contributed by atoms with Gasteiger partial charge in [0.15, 0.2) is 0 Å². The molecule has 0 amide bonds. The molecular formula is C12Cl6F16O4. The van der Waals surface area contributed by atoms with Crippen molar-refractivity contribution in [3.05, 3.63) is 0 Å². The lowest BCUT2D eigenvalue weighted by molar-refractivity contribution is -0.372. The van der Waals surface area contributed by atoms with E-state index in [1.165, 1.54) is 0 Å². The minimum atomic E-state index is -7.48. The fraction of sp³-hybridized carbons (Fsp3) is 0.833. The summed E-state index contributed by atoms with van der Waals surface area (Å²) in [5.41, 5.74) is 0. The number of hydrogen-bond donors (Lipinski definition) is 0. The van der Waals surface area contributed by atoms with Gasteiger partial charge < -0.3 is 0 Å². The summed E-state index contributed by atoms with van der Waals surface area (Å²) in [4.78, 5) is 28.9. The topological polar surface area (TPSA) is 52.6 Å². The van der Waals surface area contributed by atoms with E-state index in [0.29, 0.717) is 0 Å². The van der Waals surface area contributed by atoms with Crippen LogP contribution in [0.2, 0.25) is 0 Å². The number of carbonyl (C=O) groups is 2. The largest absolute Gasteiger partial charge is 0.460 e. The molecule has 4 nitrogen and oxygen atoms in total. The molecule has 0 bridgehead atoms. The smallest absolute Gasteiger partial charge is 0.244 e. The average Bonchev–Trinajstić information content (AvgIpc) is 2.68. The Labute approximate surface area is 226 Å². The molecule has 0 aliphatic heterocycles. The fourth-order valence-electron chi connectivity index (χ4n) is 1.58. The predicted molar refractivity (Wildman–Crippen MR) is 92.3 cm³/mol. The molecule has 0 aromatic heterocycles. The first-order chi connectivity index (χ1) is 16.0. The van der Waals surface area contributed by atoms with Gasteiger partial charge in [0.25, 0.3) is 18.9 Å². The van der Waals surface area contributed by atoms with Crippen LogP contribution in [0.25, 0.3) is 0 Å². The molecule has 0 saturated heterocycles. The number of hydrogen-bond acceptors (Lipinski definition) is 4.